The summed E-state index contributed by atoms with van der Waals surface area (Å²) < 4.78 is 1.97. The molecule has 0 spiro atoms. The maximum absolute atomic E-state index is 11.6. The van der Waals surface area contributed by atoms with Gasteiger partial charge < -0.3 is 21.4 Å². The van der Waals surface area contributed by atoms with E-state index in [0.29, 0.717) is 51.7 Å². The Morgan fingerprint density at radius 1 is 1.27 bits per heavy atom. The maximum atomic E-state index is 11.6. The van der Waals surface area contributed by atoms with Crippen molar-refractivity contribution in [2.75, 3.05) is 25.9 Å². The lowest BCUT2D eigenvalue weighted by atomic mass is 9.97. The molecule has 3 aromatic heterocycles. The van der Waals surface area contributed by atoms with Gasteiger partial charge in [-0.3, -0.25) is 4.79 Å². The van der Waals surface area contributed by atoms with Gasteiger partial charge in [0.15, 0.2) is 5.65 Å². The Kier molecular flexibility index (Phi) is 4.52. The summed E-state index contributed by atoms with van der Waals surface area (Å²) >= 11 is 6.76. The van der Waals surface area contributed by atoms with E-state index in [2.05, 4.69) is 26.9 Å². The van der Waals surface area contributed by atoms with Crippen molar-refractivity contribution in [3.05, 3.63) is 28.2 Å². The minimum atomic E-state index is -0.414. The number of amides is 1. The van der Waals surface area contributed by atoms with Crippen molar-refractivity contribution in [2.45, 2.75) is 31.7 Å². The number of fused-ring (bicyclic) bond motifs is 2. The van der Waals surface area contributed by atoms with Crippen LogP contribution in [0, 0.1) is 0 Å². The summed E-state index contributed by atoms with van der Waals surface area (Å²) in [6.07, 6.45) is 6.41. The first-order valence-electron chi connectivity index (χ1n) is 10.0. The van der Waals surface area contributed by atoms with Gasteiger partial charge in [0, 0.05) is 11.3 Å². The molecule has 5 rings (SSSR count). The number of piperidine rings is 1. The number of likely N-dealkylation sites (tertiary alicyclic amines) is 1. The van der Waals surface area contributed by atoms with E-state index in [4.69, 9.17) is 28.2 Å². The number of nitrogens with one attached hydrogen (secondary N) is 1. The number of aromatic nitrogens is 5. The van der Waals surface area contributed by atoms with E-state index < -0.39 is 5.91 Å². The van der Waals surface area contributed by atoms with Crippen LogP contribution in [0.4, 0.5) is 5.82 Å². The second-order valence-corrected chi connectivity index (χ2v) is 8.40. The molecule has 1 aliphatic carbocycles. The van der Waals surface area contributed by atoms with Gasteiger partial charge in [-0.2, -0.15) is 5.10 Å². The minimum absolute atomic E-state index is 0.233. The molecule has 0 saturated carbocycles. The molecule has 30 heavy (non-hydrogen) atoms. The Labute approximate surface area is 178 Å². The van der Waals surface area contributed by atoms with Crippen LogP contribution in [0.5, 0.6) is 0 Å². The number of carbonyl (C=O) groups excluding carboxylic acids is 1. The van der Waals surface area contributed by atoms with Gasteiger partial charge in [-0.15, -0.1) is 0 Å². The van der Waals surface area contributed by atoms with Crippen LogP contribution >= 0.6 is 11.6 Å². The molecule has 0 bridgehead atoms. The average Bonchev–Trinajstić information content (AvgIpc) is 3.27. The number of nitrogen functional groups attached to an aromatic ring is 1. The monoisotopic (exact) mass is 426 g/mol. The third kappa shape index (κ3) is 2.96. The fourth-order valence-corrected chi connectivity index (χ4v) is 4.76. The molecule has 4 heterocycles. The van der Waals surface area contributed by atoms with E-state index >= 15 is 0 Å². The summed E-state index contributed by atoms with van der Waals surface area (Å²) in [7, 11) is 2.13. The number of H-pyrrole nitrogens is 1. The van der Waals surface area contributed by atoms with Gasteiger partial charge in [0.2, 0.25) is 5.91 Å². The molecule has 0 unspecified atom stereocenters. The van der Waals surface area contributed by atoms with Crippen LogP contribution < -0.4 is 11.5 Å². The molecule has 1 fully saturated rings. The van der Waals surface area contributed by atoms with Crippen molar-refractivity contribution < 1.29 is 4.79 Å². The normalized spacial score (nSPS) is 17.9. The summed E-state index contributed by atoms with van der Waals surface area (Å²) in [5.74, 6) is -0.0475. The predicted molar refractivity (Wildman–Crippen MR) is 116 cm³/mol. The third-order valence-electron chi connectivity index (χ3n) is 6.14. The summed E-state index contributed by atoms with van der Waals surface area (Å²) in [6, 6.07) is 0.233. The van der Waals surface area contributed by atoms with Gasteiger partial charge in [-0.1, -0.05) is 11.6 Å². The maximum Gasteiger partial charge on any atom is 0.244 e. The van der Waals surface area contributed by atoms with Crippen LogP contribution in [0.3, 0.4) is 0 Å². The number of nitrogens with zero attached hydrogens (tertiary/aromatic N) is 5. The molecule has 2 aliphatic rings. The zero-order valence-corrected chi connectivity index (χ0v) is 17.4. The number of rotatable bonds is 3. The van der Waals surface area contributed by atoms with Crippen LogP contribution in [0.2, 0.25) is 5.02 Å². The topological polar surface area (TPSA) is 132 Å². The van der Waals surface area contributed by atoms with Crippen molar-refractivity contribution in [1.29, 1.82) is 0 Å². The van der Waals surface area contributed by atoms with Crippen molar-refractivity contribution >= 4 is 40.4 Å². The number of hydrogen-bond donors (Lipinski definition) is 3. The highest BCUT2D eigenvalue weighted by molar-refractivity contribution is 6.34. The van der Waals surface area contributed by atoms with Gasteiger partial charge in [0.05, 0.1) is 22.1 Å². The van der Waals surface area contributed by atoms with Gasteiger partial charge in [-0.25, -0.2) is 14.6 Å². The number of carbonyl (C=O) groups is 1. The highest BCUT2D eigenvalue weighted by atomic mass is 35.5. The van der Waals surface area contributed by atoms with E-state index in [0.717, 1.165) is 37.2 Å². The van der Waals surface area contributed by atoms with Crippen molar-refractivity contribution in [3.63, 3.8) is 0 Å². The largest absolute Gasteiger partial charge is 0.383 e. The Morgan fingerprint density at radius 2 is 2.03 bits per heavy atom. The van der Waals surface area contributed by atoms with Crippen LogP contribution in [-0.4, -0.2) is 55.7 Å². The van der Waals surface area contributed by atoms with E-state index in [1.165, 1.54) is 6.33 Å². The zero-order valence-electron chi connectivity index (χ0n) is 16.7. The number of anilines is 1. The van der Waals surface area contributed by atoms with Gasteiger partial charge in [0.1, 0.15) is 17.8 Å². The number of nitrogens with two attached hydrogens (primary N) is 2. The number of hydrogen-bond acceptors (Lipinski definition) is 6. The Bertz CT molecular complexity index is 1190. The minimum Gasteiger partial charge on any atom is -0.383 e. The van der Waals surface area contributed by atoms with Gasteiger partial charge in [-0.05, 0) is 57.5 Å². The lowest BCUT2D eigenvalue weighted by molar-refractivity contribution is -0.114. The van der Waals surface area contributed by atoms with Crippen molar-refractivity contribution in [2.24, 2.45) is 5.73 Å². The van der Waals surface area contributed by atoms with E-state index in [9.17, 15) is 4.79 Å². The molecule has 9 nitrogen and oxygen atoms in total. The Hall–Kier alpha value is -2.91. The average molecular weight is 427 g/mol. The predicted octanol–water partition coefficient (Wildman–Crippen LogP) is 2.14. The SMILES string of the molecule is CN1CCC(n2nc(-c3[nH]c4c(c3Cl)CCC(C(N)=O)=C4)c3c(N)ncnc32)CC1. The molecule has 1 aliphatic heterocycles. The molecule has 3 aromatic rings. The molecular weight excluding hydrogens is 404 g/mol. The van der Waals surface area contributed by atoms with Crippen molar-refractivity contribution in [3.8, 4) is 11.4 Å². The Morgan fingerprint density at radius 3 is 2.77 bits per heavy atom. The van der Waals surface area contributed by atoms with Gasteiger partial charge in [0.25, 0.3) is 0 Å². The number of halogens is 1. The second kappa shape index (κ2) is 7.10. The third-order valence-corrected chi connectivity index (χ3v) is 6.55. The Balaban J connectivity index is 1.67. The standard InChI is InChI=1S/C20H23ClN8O/c1-28-6-4-11(5-7-28)29-20-14(18(22)24-9-25-20)16(27-29)17-15(21)12-3-2-10(19(23)30)8-13(12)26-17/h8-9,11,26H,2-7H2,1H3,(H2,23,30)(H2,22,24,25). The van der Waals surface area contributed by atoms with Crippen LogP contribution in [-0.2, 0) is 11.2 Å². The van der Waals surface area contributed by atoms with E-state index in [1.54, 1.807) is 6.08 Å². The second-order valence-electron chi connectivity index (χ2n) is 8.03. The molecule has 1 amide bonds. The van der Waals surface area contributed by atoms with Crippen LogP contribution in [0.15, 0.2) is 11.9 Å². The quantitative estimate of drug-likeness (QED) is 0.587. The number of aromatic amines is 1. The molecule has 0 aromatic carbocycles. The summed E-state index contributed by atoms with van der Waals surface area (Å²) in [5, 5.41) is 6.19. The zero-order chi connectivity index (χ0) is 21.0. The highest BCUT2D eigenvalue weighted by Crippen LogP contribution is 2.41. The molecule has 156 valence electrons. The highest BCUT2D eigenvalue weighted by Gasteiger charge is 2.28. The van der Waals surface area contributed by atoms with Crippen molar-refractivity contribution in [1.82, 2.24) is 29.6 Å². The smallest absolute Gasteiger partial charge is 0.244 e. The first kappa shape index (κ1) is 19.1. The molecule has 5 N–H and O–H groups in total. The van der Waals surface area contributed by atoms with E-state index in [1.807, 2.05) is 4.68 Å². The molecular formula is C20H23ClN8O. The summed E-state index contributed by atoms with van der Waals surface area (Å²) in [6.45, 7) is 2.00. The van der Waals surface area contributed by atoms with E-state index in [-0.39, 0.29) is 6.04 Å². The molecule has 0 radical (unpaired) electrons. The first-order valence-corrected chi connectivity index (χ1v) is 10.4. The summed E-state index contributed by atoms with van der Waals surface area (Å²) in [5.41, 5.74) is 16.0. The number of primary amides is 1. The van der Waals surface area contributed by atoms with Gasteiger partial charge >= 0.3 is 0 Å². The molecule has 0 atom stereocenters. The molecule has 10 heteroatoms. The van der Waals surface area contributed by atoms with Crippen LogP contribution in [0.25, 0.3) is 28.5 Å². The van der Waals surface area contributed by atoms with Crippen LogP contribution in [0.1, 0.15) is 36.6 Å². The molecule has 1 saturated heterocycles. The lowest BCUT2D eigenvalue weighted by Gasteiger charge is -2.29. The first-order chi connectivity index (χ1) is 14.4. The lowest BCUT2D eigenvalue weighted by Crippen LogP contribution is -2.31. The summed E-state index contributed by atoms with van der Waals surface area (Å²) in [4.78, 5) is 25.9. The fraction of sp³-hybridized carbons (Fsp3) is 0.400. The fourth-order valence-electron chi connectivity index (χ4n) is 4.43.